The van der Waals surface area contributed by atoms with Gasteiger partial charge in [-0.15, -0.1) is 34.4 Å². The van der Waals surface area contributed by atoms with Crippen LogP contribution in [0.3, 0.4) is 0 Å². The predicted molar refractivity (Wildman–Crippen MR) is 113 cm³/mol. The smallest absolute Gasteiger partial charge is 0.258 e. The third-order valence-corrected chi connectivity index (χ3v) is 7.21. The molecule has 5 nitrogen and oxygen atoms in total. The molecule has 4 rings (SSSR count). The molecule has 3 heterocycles. The molecule has 1 aliphatic rings. The minimum Gasteiger partial charge on any atom is -0.298 e. The number of rotatable bonds is 6. The highest BCUT2D eigenvalue weighted by molar-refractivity contribution is 7.98. The minimum atomic E-state index is -0.102. The van der Waals surface area contributed by atoms with Crippen molar-refractivity contribution in [3.8, 4) is 0 Å². The van der Waals surface area contributed by atoms with Crippen LogP contribution in [0.25, 0.3) is 0 Å². The number of benzene rings is 1. The summed E-state index contributed by atoms with van der Waals surface area (Å²) in [5, 5.41) is 5.74. The van der Waals surface area contributed by atoms with Gasteiger partial charge in [-0.25, -0.2) is 9.97 Å². The number of fused-ring (bicyclic) bond motifs is 1. The standard InChI is InChI=1S/C19H20N4OS3/c1-2-23-8-7-15-17(9-23)27-19(21-15)22-18(24)14-5-3-4-6-16(14)26-11-13-10-25-12-20-13/h3-6,10,12H,2,7-9,11H2,1H3,(H,21,22,24). The molecule has 0 radical (unpaired) electrons. The largest absolute Gasteiger partial charge is 0.298 e. The number of thioether (sulfide) groups is 1. The number of hydrogen-bond donors (Lipinski definition) is 1. The summed E-state index contributed by atoms with van der Waals surface area (Å²) in [5.74, 6) is 0.654. The van der Waals surface area contributed by atoms with Gasteiger partial charge in [0.1, 0.15) is 0 Å². The summed E-state index contributed by atoms with van der Waals surface area (Å²) < 4.78 is 0. The van der Waals surface area contributed by atoms with Crippen molar-refractivity contribution in [3.05, 3.63) is 57.0 Å². The van der Waals surface area contributed by atoms with Crippen LogP contribution in [-0.2, 0) is 18.7 Å². The monoisotopic (exact) mass is 416 g/mol. The lowest BCUT2D eigenvalue weighted by Gasteiger charge is -2.23. The zero-order chi connectivity index (χ0) is 18.6. The molecule has 0 saturated carbocycles. The molecule has 8 heteroatoms. The van der Waals surface area contributed by atoms with E-state index >= 15 is 0 Å². The van der Waals surface area contributed by atoms with E-state index in [0.717, 1.165) is 48.1 Å². The van der Waals surface area contributed by atoms with Crippen LogP contribution in [0.5, 0.6) is 0 Å². The van der Waals surface area contributed by atoms with Crippen molar-refractivity contribution >= 4 is 45.5 Å². The van der Waals surface area contributed by atoms with Crippen LogP contribution >= 0.6 is 34.4 Å². The Morgan fingerprint density at radius 1 is 1.37 bits per heavy atom. The summed E-state index contributed by atoms with van der Waals surface area (Å²) >= 11 is 4.82. The first kappa shape index (κ1) is 18.6. The van der Waals surface area contributed by atoms with Crippen LogP contribution in [0.15, 0.2) is 40.1 Å². The molecule has 2 aromatic heterocycles. The summed E-state index contributed by atoms with van der Waals surface area (Å²) in [5.41, 5.74) is 4.68. The van der Waals surface area contributed by atoms with Gasteiger partial charge in [0.2, 0.25) is 0 Å². The Morgan fingerprint density at radius 3 is 3.07 bits per heavy atom. The van der Waals surface area contributed by atoms with Crippen molar-refractivity contribution in [1.29, 1.82) is 0 Å². The molecule has 3 aromatic rings. The first-order valence-corrected chi connectivity index (χ1v) is 11.6. The van der Waals surface area contributed by atoms with E-state index in [-0.39, 0.29) is 5.91 Å². The van der Waals surface area contributed by atoms with Gasteiger partial charge < -0.3 is 0 Å². The number of nitrogens with zero attached hydrogens (tertiary/aromatic N) is 3. The number of carbonyl (C=O) groups is 1. The first-order chi connectivity index (χ1) is 13.2. The topological polar surface area (TPSA) is 58.1 Å². The van der Waals surface area contributed by atoms with Gasteiger partial charge in [-0.05, 0) is 18.7 Å². The normalized spacial score (nSPS) is 14.1. The average molecular weight is 417 g/mol. The van der Waals surface area contributed by atoms with Crippen molar-refractivity contribution in [2.75, 3.05) is 18.4 Å². The van der Waals surface area contributed by atoms with Crippen LogP contribution in [0, 0.1) is 0 Å². The van der Waals surface area contributed by atoms with Gasteiger partial charge in [0, 0.05) is 40.4 Å². The van der Waals surface area contributed by atoms with Crippen LogP contribution in [0.1, 0.15) is 33.5 Å². The maximum atomic E-state index is 12.8. The molecule has 0 fully saturated rings. The van der Waals surface area contributed by atoms with Crippen LogP contribution in [0.4, 0.5) is 5.13 Å². The highest BCUT2D eigenvalue weighted by Gasteiger charge is 2.21. The average Bonchev–Trinajstić information content (AvgIpc) is 3.35. The number of likely N-dealkylation sites (N-methyl/N-ethyl adjacent to an activating group) is 1. The Hall–Kier alpha value is -1.74. The molecule has 1 aliphatic heterocycles. The fraction of sp³-hybridized carbons (Fsp3) is 0.316. The zero-order valence-corrected chi connectivity index (χ0v) is 17.4. The quantitative estimate of drug-likeness (QED) is 0.599. The molecule has 0 unspecified atom stereocenters. The van der Waals surface area contributed by atoms with Gasteiger partial charge in [-0.3, -0.25) is 15.0 Å². The van der Waals surface area contributed by atoms with Gasteiger partial charge in [0.15, 0.2) is 5.13 Å². The Kier molecular flexibility index (Phi) is 5.87. The van der Waals surface area contributed by atoms with Crippen LogP contribution < -0.4 is 5.32 Å². The van der Waals surface area contributed by atoms with E-state index in [1.165, 1.54) is 4.88 Å². The molecule has 1 aromatic carbocycles. The fourth-order valence-corrected chi connectivity index (χ4v) is 5.64. The van der Waals surface area contributed by atoms with E-state index in [4.69, 9.17) is 0 Å². The number of amides is 1. The van der Waals surface area contributed by atoms with Gasteiger partial charge in [-0.2, -0.15) is 0 Å². The van der Waals surface area contributed by atoms with Gasteiger partial charge >= 0.3 is 0 Å². The fourth-order valence-electron chi connectivity index (χ4n) is 2.98. The number of hydrogen-bond acceptors (Lipinski definition) is 7. The Balaban J connectivity index is 1.46. The molecule has 0 aliphatic carbocycles. The molecule has 0 atom stereocenters. The third-order valence-electron chi connectivity index (χ3n) is 4.47. The van der Waals surface area contributed by atoms with E-state index in [9.17, 15) is 4.79 Å². The third kappa shape index (κ3) is 4.40. The lowest BCUT2D eigenvalue weighted by atomic mass is 10.2. The zero-order valence-electron chi connectivity index (χ0n) is 15.0. The molecule has 27 heavy (non-hydrogen) atoms. The van der Waals surface area contributed by atoms with Gasteiger partial charge in [0.05, 0.1) is 22.5 Å². The summed E-state index contributed by atoms with van der Waals surface area (Å²) in [6.07, 6.45) is 0.954. The molecule has 0 spiro atoms. The summed E-state index contributed by atoms with van der Waals surface area (Å²) in [4.78, 5) is 26.4. The molecule has 1 amide bonds. The summed E-state index contributed by atoms with van der Waals surface area (Å²) in [6, 6.07) is 7.71. The molecule has 1 N–H and O–H groups in total. The highest BCUT2D eigenvalue weighted by Crippen LogP contribution is 2.30. The Labute approximate surface area is 170 Å². The van der Waals surface area contributed by atoms with E-state index in [0.29, 0.717) is 10.7 Å². The lowest BCUT2D eigenvalue weighted by Crippen LogP contribution is -2.29. The molecule has 0 saturated heterocycles. The van der Waals surface area contributed by atoms with Crippen molar-refractivity contribution in [1.82, 2.24) is 14.9 Å². The second kappa shape index (κ2) is 8.52. The number of nitrogens with one attached hydrogen (secondary N) is 1. The van der Waals surface area contributed by atoms with Gasteiger partial charge in [-0.1, -0.05) is 19.1 Å². The van der Waals surface area contributed by atoms with Crippen molar-refractivity contribution in [2.45, 2.75) is 30.5 Å². The number of anilines is 1. The van der Waals surface area contributed by atoms with Crippen molar-refractivity contribution in [2.24, 2.45) is 0 Å². The molecular formula is C19H20N4OS3. The van der Waals surface area contributed by atoms with E-state index in [2.05, 4.69) is 27.1 Å². The second-order valence-electron chi connectivity index (χ2n) is 6.23. The highest BCUT2D eigenvalue weighted by atomic mass is 32.2. The summed E-state index contributed by atoms with van der Waals surface area (Å²) in [6.45, 7) is 5.19. The van der Waals surface area contributed by atoms with Crippen LogP contribution in [-0.4, -0.2) is 33.9 Å². The SMILES string of the molecule is CCN1CCc2nc(NC(=O)c3ccccc3SCc3cscn3)sc2C1. The number of aromatic nitrogens is 2. The molecular weight excluding hydrogens is 396 g/mol. The predicted octanol–water partition coefficient (Wildman–Crippen LogP) is 4.52. The van der Waals surface area contributed by atoms with Gasteiger partial charge in [0.25, 0.3) is 5.91 Å². The van der Waals surface area contributed by atoms with Crippen LogP contribution in [0.2, 0.25) is 0 Å². The van der Waals surface area contributed by atoms with Crippen molar-refractivity contribution < 1.29 is 4.79 Å². The van der Waals surface area contributed by atoms with Crippen molar-refractivity contribution in [3.63, 3.8) is 0 Å². The maximum Gasteiger partial charge on any atom is 0.258 e. The first-order valence-electron chi connectivity index (χ1n) is 8.84. The van der Waals surface area contributed by atoms with E-state index in [1.54, 1.807) is 34.4 Å². The Bertz CT molecular complexity index is 923. The minimum absolute atomic E-state index is 0.102. The summed E-state index contributed by atoms with van der Waals surface area (Å²) in [7, 11) is 0. The van der Waals surface area contributed by atoms with E-state index < -0.39 is 0 Å². The van der Waals surface area contributed by atoms with E-state index in [1.807, 2.05) is 35.2 Å². The second-order valence-corrected chi connectivity index (χ2v) is 9.05. The maximum absolute atomic E-state index is 12.8. The number of thiazole rings is 2. The Morgan fingerprint density at radius 2 is 2.26 bits per heavy atom. The number of carbonyl (C=O) groups excluding carboxylic acids is 1. The lowest BCUT2D eigenvalue weighted by molar-refractivity contribution is 0.102. The molecule has 0 bridgehead atoms. The molecule has 140 valence electrons.